The lowest BCUT2D eigenvalue weighted by Gasteiger charge is -2.34. The number of pyridine rings is 1. The summed E-state index contributed by atoms with van der Waals surface area (Å²) in [5.74, 6) is -0.736. The van der Waals surface area contributed by atoms with Gasteiger partial charge in [0.25, 0.3) is 0 Å². The third kappa shape index (κ3) is 3.16. The first-order valence-electron chi connectivity index (χ1n) is 5.50. The Balaban J connectivity index is 2.09. The standard InChI is InChI=1S/C11H13NO6S/c13-7-4-19-11(9(15)8(7)14)18-6-1-5(10(16)17)2-12-3-6/h1-3,7-9,11,13-15H,4H2,(H,16,17)/t7-,8+,9-,11-/m1/s1. The van der Waals surface area contributed by atoms with E-state index in [0.717, 1.165) is 11.8 Å². The lowest BCUT2D eigenvalue weighted by atomic mass is 10.1. The van der Waals surface area contributed by atoms with Crippen molar-refractivity contribution in [2.75, 3.05) is 5.75 Å². The lowest BCUT2D eigenvalue weighted by Crippen LogP contribution is -2.50. The molecule has 0 radical (unpaired) electrons. The Bertz CT molecular complexity index is 470. The summed E-state index contributed by atoms with van der Waals surface area (Å²) in [7, 11) is 0. The van der Waals surface area contributed by atoms with Crippen LogP contribution in [0.25, 0.3) is 0 Å². The second-order valence-corrected chi connectivity index (χ2v) is 5.21. The molecule has 7 nitrogen and oxygen atoms in total. The van der Waals surface area contributed by atoms with Crippen molar-refractivity contribution in [2.24, 2.45) is 0 Å². The zero-order valence-corrected chi connectivity index (χ0v) is 10.5. The summed E-state index contributed by atoms with van der Waals surface area (Å²) in [5.41, 5.74) is -0.822. The van der Waals surface area contributed by atoms with E-state index < -0.39 is 29.7 Å². The zero-order valence-electron chi connectivity index (χ0n) is 9.71. The number of ether oxygens (including phenoxy) is 1. The Morgan fingerprint density at radius 1 is 1.32 bits per heavy atom. The molecule has 2 rings (SSSR count). The maximum Gasteiger partial charge on any atom is 0.337 e. The van der Waals surface area contributed by atoms with Crippen LogP contribution in [0.2, 0.25) is 0 Å². The number of nitrogens with zero attached hydrogens (tertiary/aromatic N) is 1. The fraction of sp³-hybridized carbons (Fsp3) is 0.455. The predicted octanol–water partition coefficient (Wildman–Crippen LogP) is -0.686. The van der Waals surface area contributed by atoms with Crippen LogP contribution in [0.1, 0.15) is 10.4 Å². The van der Waals surface area contributed by atoms with Gasteiger partial charge in [0.05, 0.1) is 17.9 Å². The summed E-state index contributed by atoms with van der Waals surface area (Å²) in [6, 6.07) is 1.28. The van der Waals surface area contributed by atoms with Gasteiger partial charge in [0.2, 0.25) is 0 Å². The normalized spacial score (nSPS) is 30.9. The average Bonchev–Trinajstić information content (AvgIpc) is 2.40. The molecule has 0 amide bonds. The first-order chi connectivity index (χ1) is 8.99. The van der Waals surface area contributed by atoms with E-state index in [9.17, 15) is 20.1 Å². The molecule has 0 spiro atoms. The minimum Gasteiger partial charge on any atom is -0.478 e. The summed E-state index contributed by atoms with van der Waals surface area (Å²) >= 11 is 1.13. The van der Waals surface area contributed by atoms with Gasteiger partial charge < -0.3 is 25.2 Å². The van der Waals surface area contributed by atoms with Gasteiger partial charge in [-0.1, -0.05) is 0 Å². The van der Waals surface area contributed by atoms with E-state index in [1.807, 2.05) is 0 Å². The third-order valence-corrected chi connectivity index (χ3v) is 3.90. The molecule has 1 aliphatic heterocycles. The fourth-order valence-electron chi connectivity index (χ4n) is 1.62. The van der Waals surface area contributed by atoms with Crippen LogP contribution in [0.4, 0.5) is 0 Å². The van der Waals surface area contributed by atoms with Gasteiger partial charge in [-0.3, -0.25) is 4.98 Å². The van der Waals surface area contributed by atoms with Gasteiger partial charge in [-0.25, -0.2) is 4.79 Å². The molecule has 1 aromatic rings. The van der Waals surface area contributed by atoms with Crippen molar-refractivity contribution in [3.63, 3.8) is 0 Å². The minimum absolute atomic E-state index is 0.0339. The van der Waals surface area contributed by atoms with E-state index in [1.54, 1.807) is 0 Å². The third-order valence-electron chi connectivity index (χ3n) is 2.67. The summed E-state index contributed by atoms with van der Waals surface area (Å²) in [5, 5.41) is 37.5. The second-order valence-electron chi connectivity index (χ2n) is 4.08. The summed E-state index contributed by atoms with van der Waals surface area (Å²) in [6.07, 6.45) is -1.07. The van der Waals surface area contributed by atoms with E-state index in [1.165, 1.54) is 18.5 Å². The van der Waals surface area contributed by atoms with Crippen molar-refractivity contribution in [3.05, 3.63) is 24.0 Å². The molecule has 0 aromatic carbocycles. The second kappa shape index (κ2) is 5.74. The molecule has 0 aliphatic carbocycles. The maximum absolute atomic E-state index is 10.8. The Kier molecular flexibility index (Phi) is 4.25. The van der Waals surface area contributed by atoms with E-state index in [4.69, 9.17) is 9.84 Å². The van der Waals surface area contributed by atoms with Crippen LogP contribution in [0.5, 0.6) is 5.75 Å². The highest BCUT2D eigenvalue weighted by Gasteiger charge is 2.38. The highest BCUT2D eigenvalue weighted by atomic mass is 32.2. The van der Waals surface area contributed by atoms with Crippen LogP contribution >= 0.6 is 11.8 Å². The molecule has 4 atom stereocenters. The van der Waals surface area contributed by atoms with Gasteiger partial charge >= 0.3 is 5.97 Å². The summed E-state index contributed by atoms with van der Waals surface area (Å²) < 4.78 is 5.39. The molecule has 4 N–H and O–H groups in total. The molecule has 1 saturated heterocycles. The molecule has 8 heteroatoms. The number of carbonyl (C=O) groups is 1. The molecule has 1 aliphatic rings. The summed E-state index contributed by atoms with van der Waals surface area (Å²) in [6.45, 7) is 0. The Hall–Kier alpha value is -1.35. The number of aliphatic hydroxyl groups is 3. The molecule has 19 heavy (non-hydrogen) atoms. The van der Waals surface area contributed by atoms with E-state index >= 15 is 0 Å². The van der Waals surface area contributed by atoms with Crippen molar-refractivity contribution in [1.29, 1.82) is 0 Å². The topological polar surface area (TPSA) is 120 Å². The molecule has 1 aromatic heterocycles. The van der Waals surface area contributed by atoms with Crippen LogP contribution in [0.3, 0.4) is 0 Å². The number of rotatable bonds is 3. The molecule has 1 fully saturated rings. The largest absolute Gasteiger partial charge is 0.478 e. The van der Waals surface area contributed by atoms with Crippen LogP contribution in [0.15, 0.2) is 18.5 Å². The highest BCUT2D eigenvalue weighted by molar-refractivity contribution is 7.99. The molecular weight excluding hydrogens is 274 g/mol. The van der Waals surface area contributed by atoms with Crippen LogP contribution < -0.4 is 4.74 Å². The minimum atomic E-state index is -1.29. The molecular formula is C11H13NO6S. The summed E-state index contributed by atoms with van der Waals surface area (Å²) in [4.78, 5) is 14.5. The van der Waals surface area contributed by atoms with Crippen molar-refractivity contribution < 1.29 is 30.0 Å². The SMILES string of the molecule is O=C(O)c1cncc(O[C@@H]2SC[C@@H](O)[C@H](O)[C@H]2O)c1. The predicted molar refractivity (Wildman–Crippen MR) is 66.1 cm³/mol. The number of carboxylic acids is 1. The van der Waals surface area contributed by atoms with Gasteiger partial charge in [0, 0.05) is 11.9 Å². The van der Waals surface area contributed by atoms with Gasteiger partial charge in [-0.2, -0.15) is 0 Å². The zero-order chi connectivity index (χ0) is 14.0. The van der Waals surface area contributed by atoms with Crippen LogP contribution in [-0.4, -0.2) is 60.9 Å². The van der Waals surface area contributed by atoms with Crippen LogP contribution in [-0.2, 0) is 0 Å². The number of hydrogen-bond acceptors (Lipinski definition) is 7. The fourth-order valence-corrected chi connectivity index (χ4v) is 2.74. The quantitative estimate of drug-likeness (QED) is 0.577. The van der Waals surface area contributed by atoms with E-state index in [-0.39, 0.29) is 17.1 Å². The Labute approximate surface area is 112 Å². The van der Waals surface area contributed by atoms with Crippen molar-refractivity contribution in [1.82, 2.24) is 4.98 Å². The molecule has 0 unspecified atom stereocenters. The molecule has 2 heterocycles. The number of aromatic nitrogens is 1. The number of aromatic carboxylic acids is 1. The number of hydrogen-bond donors (Lipinski definition) is 4. The number of carboxylic acid groups (broad SMARTS) is 1. The van der Waals surface area contributed by atoms with Crippen molar-refractivity contribution in [2.45, 2.75) is 23.7 Å². The first-order valence-corrected chi connectivity index (χ1v) is 6.54. The number of thioether (sulfide) groups is 1. The maximum atomic E-state index is 10.8. The van der Waals surface area contributed by atoms with Crippen LogP contribution in [0, 0.1) is 0 Å². The molecule has 0 bridgehead atoms. The molecule has 0 saturated carbocycles. The van der Waals surface area contributed by atoms with Gasteiger partial charge in [-0.15, -0.1) is 11.8 Å². The highest BCUT2D eigenvalue weighted by Crippen LogP contribution is 2.29. The van der Waals surface area contributed by atoms with Gasteiger partial charge in [0.1, 0.15) is 18.0 Å². The van der Waals surface area contributed by atoms with E-state index in [2.05, 4.69) is 4.98 Å². The van der Waals surface area contributed by atoms with Gasteiger partial charge in [0.15, 0.2) is 5.44 Å². The van der Waals surface area contributed by atoms with Gasteiger partial charge in [-0.05, 0) is 6.07 Å². The van der Waals surface area contributed by atoms with Crippen molar-refractivity contribution >= 4 is 17.7 Å². The van der Waals surface area contributed by atoms with Crippen molar-refractivity contribution in [3.8, 4) is 5.75 Å². The molecule has 104 valence electrons. The monoisotopic (exact) mass is 287 g/mol. The van der Waals surface area contributed by atoms with E-state index in [0.29, 0.717) is 0 Å². The Morgan fingerprint density at radius 2 is 2.05 bits per heavy atom. The first kappa shape index (κ1) is 14.1. The smallest absolute Gasteiger partial charge is 0.337 e. The lowest BCUT2D eigenvalue weighted by molar-refractivity contribution is -0.0786. The average molecular weight is 287 g/mol. The number of aliphatic hydroxyl groups excluding tert-OH is 3. The Morgan fingerprint density at radius 3 is 2.74 bits per heavy atom.